The minimum absolute atomic E-state index is 0.222. The maximum atomic E-state index is 10.5. The van der Waals surface area contributed by atoms with Crippen LogP contribution in [0.2, 0.25) is 0 Å². The largest absolute Gasteiger partial charge is 0.281 e. The summed E-state index contributed by atoms with van der Waals surface area (Å²) in [6.07, 6.45) is -3.71. The second kappa shape index (κ2) is 8.78. The van der Waals surface area contributed by atoms with Crippen molar-refractivity contribution in [3.05, 3.63) is 23.2 Å². The van der Waals surface area contributed by atoms with Crippen molar-refractivity contribution in [2.24, 2.45) is 0 Å². The quantitative estimate of drug-likeness (QED) is 0.516. The highest BCUT2D eigenvalue weighted by Gasteiger charge is 1.76. The standard InChI is InChI=1S/2C2HClF2/c2*3-1-2(4)5/h2*1H. The van der Waals surface area contributed by atoms with Crippen LogP contribution in [0.3, 0.4) is 0 Å². The van der Waals surface area contributed by atoms with E-state index in [9.17, 15) is 17.6 Å². The van der Waals surface area contributed by atoms with Crippen LogP contribution in [0.1, 0.15) is 0 Å². The Balaban J connectivity index is 0. The molecule has 6 heteroatoms. The van der Waals surface area contributed by atoms with E-state index in [1.54, 1.807) is 0 Å². The first kappa shape index (κ1) is 12.5. The van der Waals surface area contributed by atoms with E-state index in [4.69, 9.17) is 0 Å². The zero-order chi connectivity index (χ0) is 8.57. The molecule has 0 bridgehead atoms. The van der Waals surface area contributed by atoms with E-state index in [1.165, 1.54) is 0 Å². The third kappa shape index (κ3) is 25.0. The molecule has 0 spiro atoms. The molecule has 0 unspecified atom stereocenters. The molecule has 0 aliphatic heterocycles. The lowest BCUT2D eigenvalue weighted by Crippen LogP contribution is -1.40. The summed E-state index contributed by atoms with van der Waals surface area (Å²) < 4.78 is 42.0. The lowest BCUT2D eigenvalue weighted by Gasteiger charge is -1.61. The second-order valence-corrected chi connectivity index (χ2v) is 1.23. The molecule has 0 nitrogen and oxygen atoms in total. The van der Waals surface area contributed by atoms with Crippen LogP contribution in [-0.2, 0) is 0 Å². The van der Waals surface area contributed by atoms with Gasteiger partial charge in [-0.15, -0.1) is 0 Å². The van der Waals surface area contributed by atoms with Crippen molar-refractivity contribution in [3.63, 3.8) is 0 Å². The van der Waals surface area contributed by atoms with Crippen LogP contribution in [-0.4, -0.2) is 0 Å². The molecule has 0 heterocycles. The normalized spacial score (nSPS) is 7.00. The SMILES string of the molecule is FC(F)=CCl.FC(F)=CCl. The third-order valence-corrected chi connectivity index (χ3v) is 0.495. The fourth-order valence-electron chi connectivity index (χ4n) is 0. The molecule has 0 radical (unpaired) electrons. The van der Waals surface area contributed by atoms with Crippen molar-refractivity contribution in [2.75, 3.05) is 0 Å². The fourth-order valence-corrected chi connectivity index (χ4v) is 0. The highest BCUT2D eigenvalue weighted by molar-refractivity contribution is 6.25. The summed E-state index contributed by atoms with van der Waals surface area (Å²) in [5.74, 6) is 0. The van der Waals surface area contributed by atoms with Crippen LogP contribution in [0.15, 0.2) is 23.2 Å². The van der Waals surface area contributed by atoms with Gasteiger partial charge in [0.25, 0.3) is 12.2 Å². The Morgan fingerprint density at radius 1 is 0.800 bits per heavy atom. The van der Waals surface area contributed by atoms with Crippen LogP contribution in [0.5, 0.6) is 0 Å². The Kier molecular flexibility index (Phi) is 10.9. The lowest BCUT2D eigenvalue weighted by atomic mass is 11.1. The summed E-state index contributed by atoms with van der Waals surface area (Å²) in [6, 6.07) is 0. The molecule has 0 N–H and O–H groups in total. The van der Waals surface area contributed by atoms with Crippen LogP contribution >= 0.6 is 23.2 Å². The fraction of sp³-hybridized carbons (Fsp3) is 0. The number of hydrogen-bond acceptors (Lipinski definition) is 0. The zero-order valence-electron chi connectivity index (χ0n) is 4.42. The van der Waals surface area contributed by atoms with Gasteiger partial charge in [-0.25, -0.2) is 0 Å². The van der Waals surface area contributed by atoms with Crippen molar-refractivity contribution in [1.29, 1.82) is 0 Å². The van der Waals surface area contributed by atoms with Gasteiger partial charge in [-0.3, -0.25) is 0 Å². The van der Waals surface area contributed by atoms with Gasteiger partial charge in [-0.05, 0) is 0 Å². The first-order chi connectivity index (χ1) is 4.54. The Morgan fingerprint density at radius 2 is 0.900 bits per heavy atom. The van der Waals surface area contributed by atoms with Crippen molar-refractivity contribution in [1.82, 2.24) is 0 Å². The third-order valence-electron chi connectivity index (χ3n) is 0.165. The van der Waals surface area contributed by atoms with Gasteiger partial charge in [-0.2, -0.15) is 17.6 Å². The van der Waals surface area contributed by atoms with Crippen molar-refractivity contribution in [3.8, 4) is 0 Å². The molecule has 0 amide bonds. The lowest BCUT2D eigenvalue weighted by molar-refractivity contribution is 0.423. The highest BCUT2D eigenvalue weighted by atomic mass is 35.5. The van der Waals surface area contributed by atoms with E-state index in [1.807, 2.05) is 0 Å². The van der Waals surface area contributed by atoms with E-state index >= 15 is 0 Å². The Labute approximate surface area is 64.7 Å². The predicted octanol–water partition coefficient (Wildman–Crippen LogP) is 3.93. The van der Waals surface area contributed by atoms with Gasteiger partial charge in [0.15, 0.2) is 0 Å². The van der Waals surface area contributed by atoms with Crippen molar-refractivity contribution >= 4 is 23.2 Å². The summed E-state index contributed by atoms with van der Waals surface area (Å²) in [4.78, 5) is 0. The first-order valence-electron chi connectivity index (χ1n) is 1.77. The molecule has 0 aromatic heterocycles. The van der Waals surface area contributed by atoms with Crippen molar-refractivity contribution in [2.45, 2.75) is 0 Å². The molecular weight excluding hydrogens is 195 g/mol. The molecule has 0 rings (SSSR count). The minimum atomic E-state index is -1.85. The van der Waals surface area contributed by atoms with Gasteiger partial charge in [0.2, 0.25) is 0 Å². The number of hydrogen-bond donors (Lipinski definition) is 0. The Bertz CT molecular complexity index is 107. The second-order valence-electron chi connectivity index (χ2n) is 0.798. The molecule has 0 saturated heterocycles. The van der Waals surface area contributed by atoms with E-state index in [0.717, 1.165) is 0 Å². The number of halogens is 6. The highest BCUT2D eigenvalue weighted by Crippen LogP contribution is 1.96. The summed E-state index contributed by atoms with van der Waals surface area (Å²) in [6.45, 7) is 0. The first-order valence-corrected chi connectivity index (χ1v) is 2.64. The maximum absolute atomic E-state index is 10.5. The van der Waals surface area contributed by atoms with Gasteiger partial charge < -0.3 is 0 Å². The number of rotatable bonds is 0. The van der Waals surface area contributed by atoms with Gasteiger partial charge in [0.1, 0.15) is 0 Å². The molecule has 0 aromatic rings. The van der Waals surface area contributed by atoms with E-state index < -0.39 is 12.2 Å². The van der Waals surface area contributed by atoms with E-state index in [0.29, 0.717) is 0 Å². The molecule has 0 aliphatic carbocycles. The predicted molar refractivity (Wildman–Crippen MR) is 32.3 cm³/mol. The Morgan fingerprint density at radius 3 is 0.900 bits per heavy atom. The minimum Gasteiger partial charge on any atom is -0.172 e. The Hall–Kier alpha value is -0.220. The van der Waals surface area contributed by atoms with E-state index in [-0.39, 0.29) is 11.1 Å². The average molecular weight is 197 g/mol. The molecule has 0 aliphatic rings. The summed E-state index contributed by atoms with van der Waals surface area (Å²) >= 11 is 8.85. The molecule has 0 aromatic carbocycles. The summed E-state index contributed by atoms with van der Waals surface area (Å²) in [7, 11) is 0. The van der Waals surface area contributed by atoms with Crippen LogP contribution in [0.4, 0.5) is 17.6 Å². The van der Waals surface area contributed by atoms with Crippen LogP contribution in [0, 0.1) is 0 Å². The van der Waals surface area contributed by atoms with Crippen molar-refractivity contribution < 1.29 is 17.6 Å². The molecule has 60 valence electrons. The smallest absolute Gasteiger partial charge is 0.172 e. The molecular formula is C4H2Cl2F4. The van der Waals surface area contributed by atoms with Gasteiger partial charge >= 0.3 is 0 Å². The maximum Gasteiger partial charge on any atom is 0.281 e. The van der Waals surface area contributed by atoms with Gasteiger partial charge in [-0.1, -0.05) is 23.2 Å². The van der Waals surface area contributed by atoms with Crippen LogP contribution < -0.4 is 0 Å². The summed E-state index contributed by atoms with van der Waals surface area (Å²) in [5.41, 5.74) is 0.444. The topological polar surface area (TPSA) is 0 Å². The monoisotopic (exact) mass is 196 g/mol. The average Bonchev–Trinajstić information content (AvgIpc) is 1.89. The van der Waals surface area contributed by atoms with Gasteiger partial charge in [0, 0.05) is 0 Å². The van der Waals surface area contributed by atoms with Gasteiger partial charge in [0.05, 0.1) is 11.1 Å². The van der Waals surface area contributed by atoms with Crippen LogP contribution in [0.25, 0.3) is 0 Å². The van der Waals surface area contributed by atoms with E-state index in [2.05, 4.69) is 23.2 Å². The molecule has 0 saturated carbocycles. The molecule has 10 heavy (non-hydrogen) atoms. The molecule has 0 atom stereocenters. The zero-order valence-corrected chi connectivity index (χ0v) is 5.93. The summed E-state index contributed by atoms with van der Waals surface area (Å²) in [5, 5.41) is 0. The molecule has 0 fully saturated rings.